The van der Waals surface area contributed by atoms with Gasteiger partial charge < -0.3 is 10.1 Å². The highest BCUT2D eigenvalue weighted by molar-refractivity contribution is 6.41. The molecule has 7 heteroatoms. The average molecular weight is 332 g/mol. The molecule has 0 aliphatic carbocycles. The Bertz CT molecular complexity index is 622. The Balaban J connectivity index is 2.23. The number of carbonyl (C=O) groups is 1. The first-order valence-corrected chi connectivity index (χ1v) is 6.61. The van der Waals surface area contributed by atoms with Crippen LogP contribution >= 0.6 is 34.8 Å². The molecule has 0 bridgehead atoms. The van der Waals surface area contributed by atoms with Crippen LogP contribution in [0.3, 0.4) is 0 Å². The van der Waals surface area contributed by atoms with Gasteiger partial charge in [0.15, 0.2) is 0 Å². The molecule has 1 N–H and O–H groups in total. The number of halogens is 3. The van der Waals surface area contributed by atoms with Gasteiger partial charge in [-0.05, 0) is 30.3 Å². The topological polar surface area (TPSA) is 51.2 Å². The van der Waals surface area contributed by atoms with Crippen LogP contribution in [0.15, 0.2) is 30.3 Å². The number of amides is 1. The summed E-state index contributed by atoms with van der Waals surface area (Å²) in [6, 6.07) is 8.19. The van der Waals surface area contributed by atoms with Crippen LogP contribution in [0.25, 0.3) is 0 Å². The lowest BCUT2D eigenvalue weighted by atomic mass is 10.2. The molecule has 20 heavy (non-hydrogen) atoms. The molecule has 2 rings (SSSR count). The first-order valence-electron chi connectivity index (χ1n) is 5.48. The molecular weight excluding hydrogens is 323 g/mol. The van der Waals surface area contributed by atoms with Crippen molar-refractivity contribution in [3.05, 3.63) is 51.2 Å². The van der Waals surface area contributed by atoms with Gasteiger partial charge >= 0.3 is 0 Å². The summed E-state index contributed by atoms with van der Waals surface area (Å²) in [5.74, 6) is 0.224. The third-order valence-electron chi connectivity index (χ3n) is 2.47. The number of pyridine rings is 1. The van der Waals surface area contributed by atoms with Crippen LogP contribution in [0.1, 0.15) is 10.4 Å². The fraction of sp³-hybridized carbons (Fsp3) is 0.0769. The second-order valence-electron chi connectivity index (χ2n) is 3.78. The Morgan fingerprint density at radius 1 is 1.20 bits per heavy atom. The minimum absolute atomic E-state index is 0.0477. The first kappa shape index (κ1) is 14.9. The minimum atomic E-state index is -0.464. The Morgan fingerprint density at radius 2 is 1.85 bits per heavy atom. The molecule has 0 spiro atoms. The Labute approximate surface area is 130 Å². The van der Waals surface area contributed by atoms with Crippen LogP contribution < -0.4 is 10.1 Å². The maximum Gasteiger partial charge on any atom is 0.260 e. The van der Waals surface area contributed by atoms with Gasteiger partial charge in [-0.2, -0.15) is 0 Å². The Hall–Kier alpha value is -1.49. The normalized spacial score (nSPS) is 10.2. The zero-order chi connectivity index (χ0) is 14.7. The number of rotatable bonds is 3. The van der Waals surface area contributed by atoms with Gasteiger partial charge in [0.1, 0.15) is 16.1 Å². The molecule has 0 saturated carbocycles. The number of methoxy groups -OCH3 is 1. The fourth-order valence-electron chi connectivity index (χ4n) is 1.53. The second kappa shape index (κ2) is 6.31. The lowest BCUT2D eigenvalue weighted by Crippen LogP contribution is -2.13. The number of carbonyl (C=O) groups excluding carboxylic acids is 1. The second-order valence-corrected chi connectivity index (χ2v) is 4.93. The van der Waals surface area contributed by atoms with E-state index >= 15 is 0 Å². The smallest absolute Gasteiger partial charge is 0.260 e. The van der Waals surface area contributed by atoms with Crippen molar-refractivity contribution in [3.8, 4) is 5.75 Å². The lowest BCUT2D eigenvalue weighted by molar-refractivity contribution is 0.102. The maximum atomic E-state index is 12.1. The Morgan fingerprint density at radius 3 is 2.40 bits per heavy atom. The van der Waals surface area contributed by atoms with E-state index in [-0.39, 0.29) is 20.9 Å². The molecule has 1 aromatic carbocycles. The monoisotopic (exact) mass is 330 g/mol. The molecule has 0 fully saturated rings. The third kappa shape index (κ3) is 3.33. The molecule has 1 aromatic heterocycles. The summed E-state index contributed by atoms with van der Waals surface area (Å²) in [6.45, 7) is 0. The van der Waals surface area contributed by atoms with E-state index in [1.165, 1.54) is 6.07 Å². The molecule has 1 heterocycles. The number of hydrogen-bond acceptors (Lipinski definition) is 3. The number of aromatic nitrogens is 1. The number of ether oxygens (including phenoxy) is 1. The van der Waals surface area contributed by atoms with Crippen molar-refractivity contribution in [1.82, 2.24) is 4.98 Å². The van der Waals surface area contributed by atoms with Gasteiger partial charge in [0.2, 0.25) is 0 Å². The highest BCUT2D eigenvalue weighted by Crippen LogP contribution is 2.27. The standard InChI is InChI=1S/C13H9Cl3N2O2/c1-20-8-4-2-7(3-5-8)17-13(19)11-9(14)6-10(15)18-12(11)16/h2-6H,1H3,(H,17,19). The van der Waals surface area contributed by atoms with Crippen molar-refractivity contribution in [3.63, 3.8) is 0 Å². The maximum absolute atomic E-state index is 12.1. The number of hydrogen-bond donors (Lipinski definition) is 1. The predicted molar refractivity (Wildman–Crippen MR) is 80.2 cm³/mol. The van der Waals surface area contributed by atoms with Crippen molar-refractivity contribution >= 4 is 46.4 Å². The molecule has 0 unspecified atom stereocenters. The lowest BCUT2D eigenvalue weighted by Gasteiger charge is -2.09. The van der Waals surface area contributed by atoms with Gasteiger partial charge in [0.05, 0.1) is 17.7 Å². The Kier molecular flexibility index (Phi) is 4.70. The first-order chi connectivity index (χ1) is 9.51. The van der Waals surface area contributed by atoms with E-state index in [1.54, 1.807) is 31.4 Å². The molecule has 0 aliphatic rings. The van der Waals surface area contributed by atoms with Crippen molar-refractivity contribution in [2.24, 2.45) is 0 Å². The molecular formula is C13H9Cl3N2O2. The van der Waals surface area contributed by atoms with E-state index in [9.17, 15) is 4.79 Å². The number of nitrogens with zero attached hydrogens (tertiary/aromatic N) is 1. The molecule has 0 radical (unpaired) electrons. The summed E-state index contributed by atoms with van der Waals surface area (Å²) >= 11 is 17.5. The van der Waals surface area contributed by atoms with Crippen molar-refractivity contribution < 1.29 is 9.53 Å². The van der Waals surface area contributed by atoms with Gasteiger partial charge in [0.25, 0.3) is 5.91 Å². The predicted octanol–water partition coefficient (Wildman–Crippen LogP) is 4.30. The van der Waals surface area contributed by atoms with Crippen molar-refractivity contribution in [2.75, 3.05) is 12.4 Å². The molecule has 0 atom stereocenters. The van der Waals surface area contributed by atoms with Gasteiger partial charge in [-0.3, -0.25) is 4.79 Å². The largest absolute Gasteiger partial charge is 0.497 e. The van der Waals surface area contributed by atoms with Gasteiger partial charge in [0, 0.05) is 5.69 Å². The molecule has 1 amide bonds. The SMILES string of the molecule is COc1ccc(NC(=O)c2c(Cl)cc(Cl)nc2Cl)cc1. The van der Waals surface area contributed by atoms with E-state index in [1.807, 2.05) is 0 Å². The zero-order valence-corrected chi connectivity index (χ0v) is 12.6. The fourth-order valence-corrected chi connectivity index (χ4v) is 2.43. The number of nitrogens with one attached hydrogen (secondary N) is 1. The minimum Gasteiger partial charge on any atom is -0.497 e. The van der Waals surface area contributed by atoms with Gasteiger partial charge in [-0.25, -0.2) is 4.98 Å². The van der Waals surface area contributed by atoms with Crippen LogP contribution in [0.2, 0.25) is 15.3 Å². The van der Waals surface area contributed by atoms with E-state index in [2.05, 4.69) is 10.3 Å². The van der Waals surface area contributed by atoms with Crippen molar-refractivity contribution in [2.45, 2.75) is 0 Å². The van der Waals surface area contributed by atoms with Crippen molar-refractivity contribution in [1.29, 1.82) is 0 Å². The van der Waals surface area contributed by atoms with Crippen LogP contribution in [0.5, 0.6) is 5.75 Å². The molecule has 2 aromatic rings. The van der Waals surface area contributed by atoms with Crippen LogP contribution in [0.4, 0.5) is 5.69 Å². The summed E-state index contributed by atoms with van der Waals surface area (Å²) in [7, 11) is 1.56. The molecule has 104 valence electrons. The van der Waals surface area contributed by atoms with Crippen LogP contribution in [-0.4, -0.2) is 18.0 Å². The van der Waals surface area contributed by atoms with E-state index in [0.29, 0.717) is 11.4 Å². The summed E-state index contributed by atoms with van der Waals surface area (Å²) in [4.78, 5) is 15.9. The van der Waals surface area contributed by atoms with E-state index < -0.39 is 5.91 Å². The summed E-state index contributed by atoms with van der Waals surface area (Å²) in [5, 5.41) is 2.88. The average Bonchev–Trinajstić information content (AvgIpc) is 2.38. The van der Waals surface area contributed by atoms with Gasteiger partial charge in [-0.1, -0.05) is 34.8 Å². The van der Waals surface area contributed by atoms with Crippen LogP contribution in [-0.2, 0) is 0 Å². The van der Waals surface area contributed by atoms with E-state index in [4.69, 9.17) is 39.5 Å². The summed E-state index contributed by atoms with van der Waals surface area (Å²) in [5.41, 5.74) is 0.659. The number of benzene rings is 1. The zero-order valence-electron chi connectivity index (χ0n) is 10.3. The third-order valence-corrected chi connectivity index (χ3v) is 3.24. The molecule has 0 saturated heterocycles. The highest BCUT2D eigenvalue weighted by atomic mass is 35.5. The summed E-state index contributed by atoms with van der Waals surface area (Å²) in [6.07, 6.45) is 0. The van der Waals surface area contributed by atoms with E-state index in [0.717, 1.165) is 0 Å². The molecule has 0 aliphatic heterocycles. The highest BCUT2D eigenvalue weighted by Gasteiger charge is 2.17. The quantitative estimate of drug-likeness (QED) is 0.853. The van der Waals surface area contributed by atoms with Gasteiger partial charge in [-0.15, -0.1) is 0 Å². The molecule has 4 nitrogen and oxygen atoms in total. The number of anilines is 1. The van der Waals surface area contributed by atoms with Crippen LogP contribution in [0, 0.1) is 0 Å². The summed E-state index contributed by atoms with van der Waals surface area (Å²) < 4.78 is 5.03.